The van der Waals surface area contributed by atoms with E-state index in [0.29, 0.717) is 34.8 Å². The molecule has 1 atom stereocenters. The highest BCUT2D eigenvalue weighted by molar-refractivity contribution is 5.98. The molecular formula is C21H17FN6O2. The zero-order valence-corrected chi connectivity index (χ0v) is 15.8. The van der Waals surface area contributed by atoms with Crippen LogP contribution in [0.25, 0.3) is 16.6 Å². The summed E-state index contributed by atoms with van der Waals surface area (Å²) in [5.41, 5.74) is 9.42. The van der Waals surface area contributed by atoms with Crippen molar-refractivity contribution in [2.45, 2.75) is 24.9 Å². The van der Waals surface area contributed by atoms with Crippen molar-refractivity contribution in [3.63, 3.8) is 0 Å². The number of anilines is 1. The molecule has 1 aliphatic carbocycles. The van der Waals surface area contributed by atoms with Crippen LogP contribution in [0.4, 0.5) is 10.2 Å². The van der Waals surface area contributed by atoms with E-state index in [1.54, 1.807) is 24.7 Å². The van der Waals surface area contributed by atoms with Gasteiger partial charge in [0.25, 0.3) is 5.91 Å². The Balaban J connectivity index is 1.43. The molecule has 1 fully saturated rings. The number of nitrogen functional groups attached to an aromatic ring is 1. The molecule has 4 heterocycles. The first kappa shape index (κ1) is 17.1. The van der Waals surface area contributed by atoms with Crippen LogP contribution in [-0.2, 0) is 0 Å². The molecule has 1 aromatic carbocycles. The highest BCUT2D eigenvalue weighted by Crippen LogP contribution is 2.42. The van der Waals surface area contributed by atoms with Gasteiger partial charge in [-0.25, -0.2) is 15.0 Å². The SMILES string of the molecule is Nc1nc2ccc(C(=O)N(C3CC3)[C@@H]3COc4cc(F)ncc43)cc2n2cncc12. The van der Waals surface area contributed by atoms with Gasteiger partial charge in [-0.15, -0.1) is 0 Å². The van der Waals surface area contributed by atoms with Crippen molar-refractivity contribution in [3.8, 4) is 5.75 Å². The molecule has 2 aliphatic rings. The third-order valence-corrected chi connectivity index (χ3v) is 5.75. The molecule has 6 rings (SSSR count). The summed E-state index contributed by atoms with van der Waals surface area (Å²) in [4.78, 5) is 27.7. The van der Waals surface area contributed by atoms with Crippen molar-refractivity contribution in [2.24, 2.45) is 0 Å². The van der Waals surface area contributed by atoms with Gasteiger partial charge in [0.05, 0.1) is 29.6 Å². The van der Waals surface area contributed by atoms with E-state index < -0.39 is 5.95 Å². The minimum absolute atomic E-state index is 0.102. The van der Waals surface area contributed by atoms with Crippen LogP contribution in [0.15, 0.2) is 43.0 Å². The first-order chi connectivity index (χ1) is 14.6. The Morgan fingerprint density at radius 1 is 1.23 bits per heavy atom. The molecule has 0 saturated heterocycles. The van der Waals surface area contributed by atoms with E-state index in [2.05, 4.69) is 15.0 Å². The molecule has 3 aromatic heterocycles. The van der Waals surface area contributed by atoms with Crippen LogP contribution < -0.4 is 10.5 Å². The number of ether oxygens (including phenoxy) is 1. The Bertz CT molecular complexity index is 1330. The minimum atomic E-state index is -0.593. The number of hydrogen-bond donors (Lipinski definition) is 1. The van der Waals surface area contributed by atoms with Crippen molar-refractivity contribution in [2.75, 3.05) is 12.3 Å². The van der Waals surface area contributed by atoms with Gasteiger partial charge >= 0.3 is 0 Å². The maximum Gasteiger partial charge on any atom is 0.254 e. The Hall–Kier alpha value is -3.75. The molecule has 0 spiro atoms. The summed E-state index contributed by atoms with van der Waals surface area (Å²) in [5.74, 6) is 0.141. The number of rotatable bonds is 3. The van der Waals surface area contributed by atoms with Gasteiger partial charge < -0.3 is 15.4 Å². The second-order valence-corrected chi connectivity index (χ2v) is 7.66. The number of hydrogen-bond acceptors (Lipinski definition) is 6. The summed E-state index contributed by atoms with van der Waals surface area (Å²) in [6, 6.07) is 6.48. The average molecular weight is 404 g/mol. The summed E-state index contributed by atoms with van der Waals surface area (Å²) in [5, 5.41) is 0. The number of amides is 1. The smallest absolute Gasteiger partial charge is 0.254 e. The van der Waals surface area contributed by atoms with E-state index in [0.717, 1.165) is 23.9 Å². The Kier molecular flexibility index (Phi) is 3.50. The van der Waals surface area contributed by atoms with E-state index >= 15 is 0 Å². The fraction of sp³-hybridized carbons (Fsp3) is 0.238. The van der Waals surface area contributed by atoms with Gasteiger partial charge in [-0.1, -0.05) is 0 Å². The summed E-state index contributed by atoms with van der Waals surface area (Å²) in [7, 11) is 0. The zero-order chi connectivity index (χ0) is 20.4. The Labute approximate surface area is 170 Å². The van der Waals surface area contributed by atoms with E-state index in [-0.39, 0.29) is 18.0 Å². The van der Waals surface area contributed by atoms with Gasteiger partial charge in [0.1, 0.15) is 23.7 Å². The monoisotopic (exact) mass is 404 g/mol. The number of nitrogens with zero attached hydrogens (tertiary/aromatic N) is 5. The van der Waals surface area contributed by atoms with Crippen molar-refractivity contribution in [3.05, 3.63) is 60.1 Å². The molecule has 4 aromatic rings. The number of aromatic nitrogens is 4. The lowest BCUT2D eigenvalue weighted by Crippen LogP contribution is -2.37. The maximum absolute atomic E-state index is 13.6. The van der Waals surface area contributed by atoms with E-state index in [9.17, 15) is 9.18 Å². The van der Waals surface area contributed by atoms with Crippen LogP contribution in [0.1, 0.15) is 34.8 Å². The lowest BCUT2D eigenvalue weighted by atomic mass is 10.1. The predicted octanol–water partition coefficient (Wildman–Crippen LogP) is 2.74. The van der Waals surface area contributed by atoms with Crippen LogP contribution >= 0.6 is 0 Å². The standard InChI is InChI=1S/C21H17FN6O2/c22-19-6-18-13(7-25-19)17(9-30-18)28(12-2-3-12)21(29)11-1-4-14-15(5-11)27-10-24-8-16(27)20(23)26-14/h1,4-8,10,12,17H,2-3,9H2,(H2,23,26)/t17-/m1/s1. The molecule has 0 radical (unpaired) electrons. The van der Waals surface area contributed by atoms with Gasteiger partial charge in [0.2, 0.25) is 5.95 Å². The van der Waals surface area contributed by atoms with Gasteiger partial charge in [-0.05, 0) is 31.0 Å². The molecule has 8 nitrogen and oxygen atoms in total. The molecule has 1 saturated carbocycles. The van der Waals surface area contributed by atoms with Crippen LogP contribution in [-0.4, -0.2) is 42.8 Å². The maximum atomic E-state index is 13.6. The number of imidazole rings is 1. The zero-order valence-electron chi connectivity index (χ0n) is 15.8. The van der Waals surface area contributed by atoms with Crippen LogP contribution in [0, 0.1) is 5.95 Å². The van der Waals surface area contributed by atoms with Gasteiger partial charge in [0.15, 0.2) is 0 Å². The predicted molar refractivity (Wildman–Crippen MR) is 107 cm³/mol. The van der Waals surface area contributed by atoms with Crippen molar-refractivity contribution in [1.29, 1.82) is 0 Å². The Morgan fingerprint density at radius 2 is 2.10 bits per heavy atom. The normalized spacial score (nSPS) is 17.8. The number of carbonyl (C=O) groups excluding carboxylic acids is 1. The molecule has 0 bridgehead atoms. The molecule has 150 valence electrons. The van der Waals surface area contributed by atoms with Crippen LogP contribution in [0.3, 0.4) is 0 Å². The Morgan fingerprint density at radius 3 is 2.93 bits per heavy atom. The van der Waals surface area contributed by atoms with Crippen molar-refractivity contribution >= 4 is 28.3 Å². The number of halogens is 1. The van der Waals surface area contributed by atoms with Crippen LogP contribution in [0.5, 0.6) is 5.75 Å². The fourth-order valence-electron chi connectivity index (χ4n) is 4.16. The van der Waals surface area contributed by atoms with E-state index in [1.165, 1.54) is 12.3 Å². The number of carbonyl (C=O) groups is 1. The second kappa shape index (κ2) is 6.12. The molecule has 1 aliphatic heterocycles. The molecule has 9 heteroatoms. The largest absolute Gasteiger partial charge is 0.490 e. The van der Waals surface area contributed by atoms with Crippen LogP contribution in [0.2, 0.25) is 0 Å². The molecular weight excluding hydrogens is 387 g/mol. The molecule has 1 amide bonds. The first-order valence-corrected chi connectivity index (χ1v) is 9.72. The average Bonchev–Trinajstić information content (AvgIpc) is 3.29. The molecule has 0 unspecified atom stereocenters. The van der Waals surface area contributed by atoms with E-state index in [4.69, 9.17) is 10.5 Å². The number of benzene rings is 1. The minimum Gasteiger partial charge on any atom is -0.490 e. The lowest BCUT2D eigenvalue weighted by Gasteiger charge is -2.28. The third-order valence-electron chi connectivity index (χ3n) is 5.75. The number of pyridine rings is 1. The summed E-state index contributed by atoms with van der Waals surface area (Å²) >= 11 is 0. The fourth-order valence-corrected chi connectivity index (χ4v) is 4.16. The summed E-state index contributed by atoms with van der Waals surface area (Å²) < 4.78 is 21.0. The highest BCUT2D eigenvalue weighted by Gasteiger charge is 2.42. The second-order valence-electron chi connectivity index (χ2n) is 7.66. The highest BCUT2D eigenvalue weighted by atomic mass is 19.1. The number of nitrogens with two attached hydrogens (primary N) is 1. The first-order valence-electron chi connectivity index (χ1n) is 9.72. The topological polar surface area (TPSA) is 98.6 Å². The lowest BCUT2D eigenvalue weighted by molar-refractivity contribution is 0.0630. The number of fused-ring (bicyclic) bond motifs is 4. The molecule has 30 heavy (non-hydrogen) atoms. The summed E-state index contributed by atoms with van der Waals surface area (Å²) in [6.07, 6.45) is 6.63. The quantitative estimate of drug-likeness (QED) is 0.527. The molecule has 2 N–H and O–H groups in total. The van der Waals surface area contributed by atoms with Crippen molar-refractivity contribution in [1.82, 2.24) is 24.3 Å². The summed E-state index contributed by atoms with van der Waals surface area (Å²) in [6.45, 7) is 0.292. The third kappa shape index (κ3) is 2.51. The van der Waals surface area contributed by atoms with E-state index in [1.807, 2.05) is 15.4 Å². The van der Waals surface area contributed by atoms with Gasteiger partial charge in [0, 0.05) is 29.4 Å². The van der Waals surface area contributed by atoms with Gasteiger partial charge in [-0.3, -0.25) is 9.20 Å². The van der Waals surface area contributed by atoms with Crippen molar-refractivity contribution < 1.29 is 13.9 Å². The van der Waals surface area contributed by atoms with Gasteiger partial charge in [-0.2, -0.15) is 4.39 Å².